The lowest BCUT2D eigenvalue weighted by atomic mass is 10.3. The van der Waals surface area contributed by atoms with Gasteiger partial charge in [0.2, 0.25) is 0 Å². The van der Waals surface area contributed by atoms with Crippen LogP contribution in [0.5, 0.6) is 5.75 Å². The molecule has 1 aromatic carbocycles. The van der Waals surface area contributed by atoms with E-state index in [1.165, 1.54) is 0 Å². The first-order valence-corrected chi connectivity index (χ1v) is 5.55. The Morgan fingerprint density at radius 2 is 1.92 bits per heavy atom. The SMILES string of the molecule is CC.CNc1ccc(SC)cc1O. The number of hydrogen-bond donors (Lipinski definition) is 2. The van der Waals surface area contributed by atoms with Crippen LogP contribution in [0.25, 0.3) is 0 Å². The second kappa shape index (κ2) is 6.66. The van der Waals surface area contributed by atoms with Crippen LogP contribution in [0.4, 0.5) is 5.69 Å². The standard InChI is InChI=1S/C8H11NOS.C2H6/c1-9-7-4-3-6(11-2)5-8(7)10;1-2/h3-5,9-10H,1-2H3;1-2H3. The summed E-state index contributed by atoms with van der Waals surface area (Å²) in [5, 5.41) is 12.2. The molecule has 0 heterocycles. The van der Waals surface area contributed by atoms with Gasteiger partial charge < -0.3 is 10.4 Å². The lowest BCUT2D eigenvalue weighted by Gasteiger charge is -2.03. The molecule has 0 aliphatic rings. The number of phenols is 1. The van der Waals surface area contributed by atoms with Crippen LogP contribution in [-0.4, -0.2) is 18.4 Å². The van der Waals surface area contributed by atoms with Gasteiger partial charge in [-0.2, -0.15) is 0 Å². The van der Waals surface area contributed by atoms with Crippen molar-refractivity contribution in [2.45, 2.75) is 18.7 Å². The van der Waals surface area contributed by atoms with Crippen molar-refractivity contribution in [2.75, 3.05) is 18.6 Å². The van der Waals surface area contributed by atoms with E-state index in [9.17, 15) is 5.11 Å². The zero-order chi connectivity index (χ0) is 10.3. The highest BCUT2D eigenvalue weighted by atomic mass is 32.2. The van der Waals surface area contributed by atoms with Gasteiger partial charge in [0.05, 0.1) is 5.69 Å². The van der Waals surface area contributed by atoms with Crippen molar-refractivity contribution in [3.05, 3.63) is 18.2 Å². The molecule has 0 aliphatic carbocycles. The molecule has 0 atom stereocenters. The molecule has 0 aliphatic heterocycles. The van der Waals surface area contributed by atoms with Gasteiger partial charge >= 0.3 is 0 Å². The smallest absolute Gasteiger partial charge is 0.139 e. The second-order valence-corrected chi connectivity index (χ2v) is 3.01. The predicted molar refractivity (Wildman–Crippen MR) is 60.8 cm³/mol. The molecule has 0 bridgehead atoms. The van der Waals surface area contributed by atoms with Gasteiger partial charge in [0, 0.05) is 11.9 Å². The van der Waals surface area contributed by atoms with Crippen molar-refractivity contribution in [1.29, 1.82) is 0 Å². The first-order valence-electron chi connectivity index (χ1n) is 4.32. The van der Waals surface area contributed by atoms with Crippen molar-refractivity contribution >= 4 is 17.4 Å². The average Bonchev–Trinajstić information content (AvgIpc) is 2.20. The Kier molecular flexibility index (Phi) is 6.24. The van der Waals surface area contributed by atoms with Crippen LogP contribution in [0.2, 0.25) is 0 Å². The second-order valence-electron chi connectivity index (χ2n) is 2.13. The largest absolute Gasteiger partial charge is 0.506 e. The van der Waals surface area contributed by atoms with Crippen LogP contribution < -0.4 is 5.32 Å². The van der Waals surface area contributed by atoms with Crippen LogP contribution in [0.3, 0.4) is 0 Å². The van der Waals surface area contributed by atoms with E-state index in [0.29, 0.717) is 5.75 Å². The molecule has 0 spiro atoms. The van der Waals surface area contributed by atoms with E-state index in [2.05, 4.69) is 5.32 Å². The molecule has 0 saturated carbocycles. The van der Waals surface area contributed by atoms with E-state index in [1.54, 1.807) is 24.9 Å². The summed E-state index contributed by atoms with van der Waals surface area (Å²) in [5.74, 6) is 0.305. The van der Waals surface area contributed by atoms with Crippen LogP contribution in [0.1, 0.15) is 13.8 Å². The van der Waals surface area contributed by atoms with Crippen molar-refractivity contribution in [3.63, 3.8) is 0 Å². The summed E-state index contributed by atoms with van der Waals surface area (Å²) in [6.07, 6.45) is 1.98. The van der Waals surface area contributed by atoms with E-state index in [4.69, 9.17) is 0 Å². The first-order chi connectivity index (χ1) is 6.27. The Morgan fingerprint density at radius 1 is 1.31 bits per heavy atom. The van der Waals surface area contributed by atoms with Gasteiger partial charge in [-0.25, -0.2) is 0 Å². The highest BCUT2D eigenvalue weighted by Gasteiger charge is 1.98. The third-order valence-electron chi connectivity index (χ3n) is 1.47. The number of thioether (sulfide) groups is 1. The van der Waals surface area contributed by atoms with Gasteiger partial charge in [0.15, 0.2) is 0 Å². The topological polar surface area (TPSA) is 32.3 Å². The molecule has 2 N–H and O–H groups in total. The number of anilines is 1. The molecule has 3 heteroatoms. The van der Waals surface area contributed by atoms with E-state index < -0.39 is 0 Å². The van der Waals surface area contributed by atoms with Crippen LogP contribution >= 0.6 is 11.8 Å². The molecular weight excluding hydrogens is 182 g/mol. The highest BCUT2D eigenvalue weighted by molar-refractivity contribution is 7.98. The van der Waals surface area contributed by atoms with E-state index in [1.807, 2.05) is 32.2 Å². The summed E-state index contributed by atoms with van der Waals surface area (Å²) in [5.41, 5.74) is 0.766. The fourth-order valence-corrected chi connectivity index (χ4v) is 1.28. The number of aromatic hydroxyl groups is 1. The van der Waals surface area contributed by atoms with Crippen molar-refractivity contribution in [2.24, 2.45) is 0 Å². The summed E-state index contributed by atoms with van der Waals surface area (Å²) in [7, 11) is 1.79. The zero-order valence-corrected chi connectivity index (χ0v) is 9.40. The minimum absolute atomic E-state index is 0.305. The fourth-order valence-electron chi connectivity index (χ4n) is 0.850. The quantitative estimate of drug-likeness (QED) is 0.567. The molecule has 0 aromatic heterocycles. The maximum atomic E-state index is 9.35. The molecular formula is C10H17NOS. The number of hydrogen-bond acceptors (Lipinski definition) is 3. The molecule has 1 rings (SSSR count). The Hall–Kier alpha value is -0.830. The number of rotatable bonds is 2. The van der Waals surface area contributed by atoms with E-state index >= 15 is 0 Å². The van der Waals surface area contributed by atoms with Gasteiger partial charge in [-0.15, -0.1) is 11.8 Å². The average molecular weight is 199 g/mol. The van der Waals surface area contributed by atoms with Crippen LogP contribution in [-0.2, 0) is 0 Å². The normalized spacial score (nSPS) is 8.62. The van der Waals surface area contributed by atoms with E-state index in [-0.39, 0.29) is 0 Å². The predicted octanol–water partition coefficient (Wildman–Crippen LogP) is 3.18. The fraction of sp³-hybridized carbons (Fsp3) is 0.400. The molecule has 1 aromatic rings. The van der Waals surface area contributed by atoms with E-state index in [0.717, 1.165) is 10.6 Å². The van der Waals surface area contributed by atoms with Crippen LogP contribution in [0, 0.1) is 0 Å². The summed E-state index contributed by atoms with van der Waals surface area (Å²) < 4.78 is 0. The maximum absolute atomic E-state index is 9.35. The van der Waals surface area contributed by atoms with Crippen molar-refractivity contribution in [1.82, 2.24) is 0 Å². The molecule has 0 amide bonds. The number of nitrogens with one attached hydrogen (secondary N) is 1. The van der Waals surface area contributed by atoms with Gasteiger partial charge in [0.1, 0.15) is 5.75 Å². The summed E-state index contributed by atoms with van der Waals surface area (Å²) in [6.45, 7) is 4.00. The maximum Gasteiger partial charge on any atom is 0.139 e. The Labute approximate surface area is 84.4 Å². The van der Waals surface area contributed by atoms with Gasteiger partial charge in [-0.3, -0.25) is 0 Å². The number of benzene rings is 1. The summed E-state index contributed by atoms with van der Waals surface area (Å²) in [6, 6.07) is 5.58. The monoisotopic (exact) mass is 199 g/mol. The van der Waals surface area contributed by atoms with Crippen LogP contribution in [0.15, 0.2) is 23.1 Å². The minimum atomic E-state index is 0.305. The van der Waals surface area contributed by atoms with Crippen molar-refractivity contribution < 1.29 is 5.11 Å². The molecule has 0 saturated heterocycles. The van der Waals surface area contributed by atoms with Gasteiger partial charge in [-0.05, 0) is 24.5 Å². The molecule has 0 radical (unpaired) electrons. The molecule has 0 unspecified atom stereocenters. The molecule has 0 fully saturated rings. The van der Waals surface area contributed by atoms with Gasteiger partial charge in [0.25, 0.3) is 0 Å². The Balaban J connectivity index is 0.000000671. The first kappa shape index (κ1) is 12.2. The lowest BCUT2D eigenvalue weighted by Crippen LogP contribution is -1.87. The zero-order valence-electron chi connectivity index (χ0n) is 8.59. The Morgan fingerprint density at radius 3 is 2.31 bits per heavy atom. The Bertz CT molecular complexity index is 251. The van der Waals surface area contributed by atoms with Crippen molar-refractivity contribution in [3.8, 4) is 5.75 Å². The molecule has 74 valence electrons. The minimum Gasteiger partial charge on any atom is -0.506 e. The lowest BCUT2D eigenvalue weighted by molar-refractivity contribution is 0.476. The summed E-state index contributed by atoms with van der Waals surface area (Å²) in [4.78, 5) is 1.07. The highest BCUT2D eigenvalue weighted by Crippen LogP contribution is 2.27. The summed E-state index contributed by atoms with van der Waals surface area (Å²) >= 11 is 1.61. The molecule has 2 nitrogen and oxygen atoms in total. The van der Waals surface area contributed by atoms with Gasteiger partial charge in [-0.1, -0.05) is 13.8 Å². The number of phenolic OH excluding ortho intramolecular Hbond substituents is 1. The third-order valence-corrected chi connectivity index (χ3v) is 2.20. The third kappa shape index (κ3) is 3.59. The molecule has 13 heavy (non-hydrogen) atoms.